The van der Waals surface area contributed by atoms with Crippen LogP contribution in [0.15, 0.2) is 60.7 Å². The number of rotatable bonds is 6. The van der Waals surface area contributed by atoms with Gasteiger partial charge in [-0.2, -0.15) is 0 Å². The summed E-state index contributed by atoms with van der Waals surface area (Å²) >= 11 is 0. The molecule has 0 saturated carbocycles. The molecule has 0 radical (unpaired) electrons. The highest BCUT2D eigenvalue weighted by Crippen LogP contribution is 2.37. The molecule has 0 aromatic heterocycles. The third-order valence-electron chi connectivity index (χ3n) is 6.37. The number of hydrogen-bond acceptors (Lipinski definition) is 3. The summed E-state index contributed by atoms with van der Waals surface area (Å²) < 4.78 is 5.94. The largest absolute Gasteiger partial charge is 0.415 e. The van der Waals surface area contributed by atoms with Crippen molar-refractivity contribution in [3.8, 4) is 5.75 Å². The zero-order chi connectivity index (χ0) is 23.5. The maximum absolute atomic E-state index is 13.3. The summed E-state index contributed by atoms with van der Waals surface area (Å²) in [5.41, 5.74) is 0.409. The van der Waals surface area contributed by atoms with Gasteiger partial charge in [0.2, 0.25) is 0 Å². The predicted molar refractivity (Wildman–Crippen MR) is 135 cm³/mol. The van der Waals surface area contributed by atoms with Crippen LogP contribution in [-0.4, -0.2) is 48.0 Å². The summed E-state index contributed by atoms with van der Waals surface area (Å²) in [5.74, 6) is 0.194. The Morgan fingerprint density at radius 2 is 1.18 bits per heavy atom. The lowest BCUT2D eigenvalue weighted by atomic mass is 9.95. The van der Waals surface area contributed by atoms with Crippen molar-refractivity contribution in [2.24, 2.45) is 0 Å². The van der Waals surface area contributed by atoms with Crippen LogP contribution >= 0.6 is 0 Å². The molecule has 0 heterocycles. The first kappa shape index (κ1) is 22.6. The molecule has 0 aliphatic heterocycles. The quantitative estimate of drug-likeness (QED) is 0.322. The maximum Gasteiger partial charge on any atom is 0.415 e. The number of benzene rings is 4. The smallest absolute Gasteiger partial charge is 0.409 e. The van der Waals surface area contributed by atoms with E-state index in [1.807, 2.05) is 52.0 Å². The van der Waals surface area contributed by atoms with Gasteiger partial charge in [0.15, 0.2) is 5.75 Å². The summed E-state index contributed by atoms with van der Waals surface area (Å²) in [6, 6.07) is 20.3. The second-order valence-electron chi connectivity index (χ2n) is 8.00. The van der Waals surface area contributed by atoms with Gasteiger partial charge in [-0.15, -0.1) is 0 Å². The fraction of sp³-hybridized carbons (Fsp3) is 0.286. The van der Waals surface area contributed by atoms with Crippen molar-refractivity contribution < 1.29 is 14.3 Å². The van der Waals surface area contributed by atoms with Gasteiger partial charge in [0.25, 0.3) is 5.91 Å². The topological polar surface area (TPSA) is 49.9 Å². The summed E-state index contributed by atoms with van der Waals surface area (Å²) in [7, 11) is 0. The molecule has 4 aromatic rings. The molecule has 4 rings (SSSR count). The minimum absolute atomic E-state index is 0.136. The molecule has 0 N–H and O–H groups in total. The summed E-state index contributed by atoms with van der Waals surface area (Å²) in [4.78, 5) is 29.6. The molecule has 5 heteroatoms. The molecule has 5 nitrogen and oxygen atoms in total. The lowest BCUT2D eigenvalue weighted by Crippen LogP contribution is -2.34. The highest BCUT2D eigenvalue weighted by Gasteiger charge is 2.24. The monoisotopic (exact) mass is 442 g/mol. The van der Waals surface area contributed by atoms with Gasteiger partial charge in [-0.25, -0.2) is 4.79 Å². The molecule has 0 spiro atoms. The Kier molecular flexibility index (Phi) is 6.50. The average molecular weight is 443 g/mol. The molecule has 170 valence electrons. The van der Waals surface area contributed by atoms with E-state index < -0.39 is 6.09 Å². The van der Waals surface area contributed by atoms with E-state index in [4.69, 9.17) is 4.74 Å². The van der Waals surface area contributed by atoms with Crippen molar-refractivity contribution in [1.82, 2.24) is 9.80 Å². The molecule has 0 aliphatic rings. The van der Waals surface area contributed by atoms with Crippen molar-refractivity contribution in [3.05, 3.63) is 66.2 Å². The fourth-order valence-corrected chi connectivity index (χ4v) is 4.47. The van der Waals surface area contributed by atoms with E-state index >= 15 is 0 Å². The highest BCUT2D eigenvalue weighted by atomic mass is 16.6. The van der Waals surface area contributed by atoms with Crippen molar-refractivity contribution in [3.63, 3.8) is 0 Å². The molecule has 4 aromatic carbocycles. The molecule has 0 saturated heterocycles. The molecule has 33 heavy (non-hydrogen) atoms. The molecule has 2 amide bonds. The first-order valence-electron chi connectivity index (χ1n) is 11.7. The van der Waals surface area contributed by atoms with E-state index in [0.29, 0.717) is 37.5 Å². The van der Waals surface area contributed by atoms with Crippen LogP contribution in [0.5, 0.6) is 5.75 Å². The van der Waals surface area contributed by atoms with E-state index in [2.05, 4.69) is 30.3 Å². The van der Waals surface area contributed by atoms with E-state index in [0.717, 1.165) is 21.5 Å². The van der Waals surface area contributed by atoms with Crippen LogP contribution < -0.4 is 4.74 Å². The Morgan fingerprint density at radius 1 is 0.636 bits per heavy atom. The highest BCUT2D eigenvalue weighted by molar-refractivity contribution is 6.19. The van der Waals surface area contributed by atoms with Crippen LogP contribution in [0.25, 0.3) is 32.3 Å². The van der Waals surface area contributed by atoms with E-state index in [-0.39, 0.29) is 5.91 Å². The lowest BCUT2D eigenvalue weighted by Gasteiger charge is -2.23. The number of carbonyl (C=O) groups excluding carboxylic acids is 2. The summed E-state index contributed by atoms with van der Waals surface area (Å²) in [6.45, 7) is 9.96. The van der Waals surface area contributed by atoms with Crippen LogP contribution in [-0.2, 0) is 0 Å². The average Bonchev–Trinajstić information content (AvgIpc) is 2.85. The predicted octanol–water partition coefficient (Wildman–Crippen LogP) is 6.47. The molecule has 0 bridgehead atoms. The zero-order valence-electron chi connectivity index (χ0n) is 19.7. The van der Waals surface area contributed by atoms with E-state index in [9.17, 15) is 9.59 Å². The third kappa shape index (κ3) is 3.99. The van der Waals surface area contributed by atoms with Gasteiger partial charge in [-0.3, -0.25) is 4.79 Å². The Balaban J connectivity index is 1.97. The van der Waals surface area contributed by atoms with E-state index in [1.165, 1.54) is 10.8 Å². The standard InChI is InChI=1S/C28H30N2O3/c1-5-29(6-2)27(31)25-18-16-23-22-14-13-19-11-9-10-12-20(19)21(22)15-17-24(23)26(25)33-28(32)30(7-3)8-4/h9-18H,5-8H2,1-4H3. The van der Waals surface area contributed by atoms with Crippen LogP contribution in [0.4, 0.5) is 4.79 Å². The molecular formula is C28H30N2O3. The van der Waals surface area contributed by atoms with Crippen LogP contribution in [0.3, 0.4) is 0 Å². The minimum Gasteiger partial charge on any atom is -0.409 e. The molecule has 0 atom stereocenters. The van der Waals surface area contributed by atoms with Gasteiger partial charge < -0.3 is 14.5 Å². The lowest BCUT2D eigenvalue weighted by molar-refractivity contribution is 0.0769. The maximum atomic E-state index is 13.3. The second kappa shape index (κ2) is 9.49. The normalized spacial score (nSPS) is 11.2. The van der Waals surface area contributed by atoms with Gasteiger partial charge in [0, 0.05) is 31.6 Å². The minimum atomic E-state index is -0.445. The summed E-state index contributed by atoms with van der Waals surface area (Å²) in [5, 5.41) is 6.25. The van der Waals surface area contributed by atoms with Crippen molar-refractivity contribution in [1.29, 1.82) is 0 Å². The first-order chi connectivity index (χ1) is 16.0. The van der Waals surface area contributed by atoms with Crippen LogP contribution in [0, 0.1) is 0 Å². The van der Waals surface area contributed by atoms with E-state index in [1.54, 1.807) is 15.9 Å². The third-order valence-corrected chi connectivity index (χ3v) is 6.37. The first-order valence-corrected chi connectivity index (χ1v) is 11.7. The second-order valence-corrected chi connectivity index (χ2v) is 8.00. The SMILES string of the molecule is CCN(CC)C(=O)Oc1c(C(=O)N(CC)CC)ccc2c1ccc1c3ccccc3ccc21. The number of carbonyl (C=O) groups is 2. The summed E-state index contributed by atoms with van der Waals surface area (Å²) in [6.07, 6.45) is -0.445. The molecule has 0 aliphatic carbocycles. The number of amides is 2. The Labute approximate surface area is 194 Å². The van der Waals surface area contributed by atoms with Crippen molar-refractivity contribution >= 4 is 44.3 Å². The number of fused-ring (bicyclic) bond motifs is 5. The molecule has 0 fully saturated rings. The Morgan fingerprint density at radius 3 is 1.88 bits per heavy atom. The fourth-order valence-electron chi connectivity index (χ4n) is 4.47. The zero-order valence-corrected chi connectivity index (χ0v) is 19.7. The Hall–Kier alpha value is -3.60. The Bertz CT molecular complexity index is 1340. The van der Waals surface area contributed by atoms with Crippen molar-refractivity contribution in [2.45, 2.75) is 27.7 Å². The van der Waals surface area contributed by atoms with Gasteiger partial charge in [0.1, 0.15) is 0 Å². The number of nitrogens with zero attached hydrogens (tertiary/aromatic N) is 2. The van der Waals surface area contributed by atoms with Gasteiger partial charge in [-0.05, 0) is 66.8 Å². The molecular weight excluding hydrogens is 412 g/mol. The molecule has 0 unspecified atom stereocenters. The van der Waals surface area contributed by atoms with Crippen molar-refractivity contribution in [2.75, 3.05) is 26.2 Å². The van der Waals surface area contributed by atoms with Crippen LogP contribution in [0.2, 0.25) is 0 Å². The number of ether oxygens (including phenoxy) is 1. The van der Waals surface area contributed by atoms with Gasteiger partial charge in [-0.1, -0.05) is 48.5 Å². The van der Waals surface area contributed by atoms with Crippen LogP contribution in [0.1, 0.15) is 38.1 Å². The van der Waals surface area contributed by atoms with Gasteiger partial charge in [0.05, 0.1) is 5.56 Å². The number of hydrogen-bond donors (Lipinski definition) is 0. The van der Waals surface area contributed by atoms with Gasteiger partial charge >= 0.3 is 6.09 Å².